The molecule has 1 aliphatic heterocycles. The zero-order valence-electron chi connectivity index (χ0n) is 15.5. The number of carbonyl (C=O) groups is 1. The molecule has 0 fully saturated rings. The predicted molar refractivity (Wildman–Crippen MR) is 99.7 cm³/mol. The van der Waals surface area contributed by atoms with Crippen LogP contribution in [0.5, 0.6) is 5.75 Å². The van der Waals surface area contributed by atoms with Crippen LogP contribution in [0, 0.1) is 0 Å². The van der Waals surface area contributed by atoms with Crippen LogP contribution in [0.25, 0.3) is 0 Å². The minimum absolute atomic E-state index is 0.0322. The first-order valence-electron chi connectivity index (χ1n) is 8.64. The Kier molecular flexibility index (Phi) is 4.82. The van der Waals surface area contributed by atoms with Gasteiger partial charge in [0.2, 0.25) is 0 Å². The van der Waals surface area contributed by atoms with Gasteiger partial charge < -0.3 is 9.64 Å². The molecular weight excluding hydrogens is 312 g/mol. The Hall–Kier alpha value is -2.33. The van der Waals surface area contributed by atoms with Crippen LogP contribution >= 0.6 is 0 Å². The molecule has 0 atom stereocenters. The fourth-order valence-electron chi connectivity index (χ4n) is 3.28. The number of fused-ring (bicyclic) bond motifs is 1. The molecule has 132 valence electrons. The van der Waals surface area contributed by atoms with Crippen LogP contribution in [0.4, 0.5) is 0 Å². The normalized spacial score (nSPS) is 16.5. The van der Waals surface area contributed by atoms with Gasteiger partial charge in [-0.1, -0.05) is 30.3 Å². The lowest BCUT2D eigenvalue weighted by molar-refractivity contribution is 0.0683. The molecule has 0 aliphatic carbocycles. The Morgan fingerprint density at radius 3 is 2.48 bits per heavy atom. The number of para-hydroxylation sites is 1. The Labute approximate surface area is 150 Å². The second-order valence-electron chi connectivity index (χ2n) is 7.51. The number of hydrogen-bond donors (Lipinski definition) is 0. The summed E-state index contributed by atoms with van der Waals surface area (Å²) in [6.45, 7) is 6.79. The number of benzene rings is 2. The SMILES string of the molecule is CN(C)C(=O)c1ccc(CN2Cc3ccccc3OC(C)(C)C2)cc1. The van der Waals surface area contributed by atoms with Crippen molar-refractivity contribution in [1.29, 1.82) is 0 Å². The van der Waals surface area contributed by atoms with E-state index in [0.29, 0.717) is 0 Å². The van der Waals surface area contributed by atoms with Crippen molar-refractivity contribution in [3.63, 3.8) is 0 Å². The molecule has 0 unspecified atom stereocenters. The number of hydrogen-bond acceptors (Lipinski definition) is 3. The minimum atomic E-state index is -0.243. The summed E-state index contributed by atoms with van der Waals surface area (Å²) in [5.74, 6) is 1.01. The van der Waals surface area contributed by atoms with E-state index in [4.69, 9.17) is 4.74 Å². The van der Waals surface area contributed by atoms with Gasteiger partial charge in [-0.05, 0) is 37.6 Å². The highest BCUT2D eigenvalue weighted by Crippen LogP contribution is 2.29. The van der Waals surface area contributed by atoms with Crippen molar-refractivity contribution < 1.29 is 9.53 Å². The summed E-state index contributed by atoms with van der Waals surface area (Å²) in [6, 6.07) is 16.1. The highest BCUT2D eigenvalue weighted by Gasteiger charge is 2.28. The molecule has 0 saturated heterocycles. The molecule has 2 aromatic carbocycles. The van der Waals surface area contributed by atoms with Gasteiger partial charge in [0, 0.05) is 44.9 Å². The first-order chi connectivity index (χ1) is 11.8. The molecule has 0 aromatic heterocycles. The maximum absolute atomic E-state index is 12.0. The largest absolute Gasteiger partial charge is 0.486 e. The van der Waals surface area contributed by atoms with Crippen LogP contribution in [-0.2, 0) is 13.1 Å². The Balaban J connectivity index is 1.77. The monoisotopic (exact) mass is 338 g/mol. The smallest absolute Gasteiger partial charge is 0.253 e. The molecule has 1 amide bonds. The van der Waals surface area contributed by atoms with Crippen molar-refractivity contribution in [1.82, 2.24) is 9.80 Å². The molecule has 0 bridgehead atoms. The van der Waals surface area contributed by atoms with E-state index in [1.54, 1.807) is 19.0 Å². The third kappa shape index (κ3) is 4.20. The van der Waals surface area contributed by atoms with Crippen LogP contribution in [-0.4, -0.2) is 41.9 Å². The highest BCUT2D eigenvalue weighted by atomic mass is 16.5. The van der Waals surface area contributed by atoms with E-state index in [1.165, 1.54) is 11.1 Å². The zero-order valence-corrected chi connectivity index (χ0v) is 15.5. The zero-order chi connectivity index (χ0) is 18.0. The summed E-state index contributed by atoms with van der Waals surface area (Å²) in [5.41, 5.74) is 2.89. The van der Waals surface area contributed by atoms with Gasteiger partial charge >= 0.3 is 0 Å². The third-order valence-electron chi connectivity index (χ3n) is 4.37. The number of rotatable bonds is 3. The lowest BCUT2D eigenvalue weighted by Gasteiger charge is -2.29. The second-order valence-corrected chi connectivity index (χ2v) is 7.51. The van der Waals surface area contributed by atoms with E-state index in [0.717, 1.165) is 30.9 Å². The van der Waals surface area contributed by atoms with E-state index >= 15 is 0 Å². The van der Waals surface area contributed by atoms with Crippen LogP contribution in [0.3, 0.4) is 0 Å². The molecule has 1 heterocycles. The van der Waals surface area contributed by atoms with Gasteiger partial charge in [0.1, 0.15) is 11.4 Å². The predicted octanol–water partition coefficient (Wildman–Crippen LogP) is 3.56. The standard InChI is InChI=1S/C21H26N2O2/c1-21(2)15-23(14-18-7-5-6-8-19(18)25-21)13-16-9-11-17(12-10-16)20(24)22(3)4/h5-12H,13-15H2,1-4H3. The molecule has 25 heavy (non-hydrogen) atoms. The van der Waals surface area contributed by atoms with Crippen LogP contribution in [0.15, 0.2) is 48.5 Å². The summed E-state index contributed by atoms with van der Waals surface area (Å²) in [5, 5.41) is 0. The number of nitrogens with zero attached hydrogens (tertiary/aromatic N) is 2. The summed E-state index contributed by atoms with van der Waals surface area (Å²) in [4.78, 5) is 16.0. The molecule has 0 N–H and O–H groups in total. The number of amides is 1. The second kappa shape index (κ2) is 6.89. The first-order valence-corrected chi connectivity index (χ1v) is 8.64. The van der Waals surface area contributed by atoms with Gasteiger partial charge in [-0.3, -0.25) is 9.69 Å². The average molecular weight is 338 g/mol. The minimum Gasteiger partial charge on any atom is -0.486 e. The molecular formula is C21H26N2O2. The third-order valence-corrected chi connectivity index (χ3v) is 4.37. The highest BCUT2D eigenvalue weighted by molar-refractivity contribution is 5.93. The Morgan fingerprint density at radius 2 is 1.80 bits per heavy atom. The Bertz CT molecular complexity index is 751. The molecule has 0 saturated carbocycles. The van der Waals surface area contributed by atoms with Crippen LogP contribution in [0.1, 0.15) is 35.3 Å². The van der Waals surface area contributed by atoms with Crippen molar-refractivity contribution in [3.05, 3.63) is 65.2 Å². The van der Waals surface area contributed by atoms with Gasteiger partial charge in [0.15, 0.2) is 0 Å². The quantitative estimate of drug-likeness (QED) is 0.858. The fourth-order valence-corrected chi connectivity index (χ4v) is 3.28. The van der Waals surface area contributed by atoms with E-state index in [1.807, 2.05) is 36.4 Å². The van der Waals surface area contributed by atoms with Gasteiger partial charge in [-0.15, -0.1) is 0 Å². The van der Waals surface area contributed by atoms with Gasteiger partial charge in [0.05, 0.1) is 0 Å². The summed E-state index contributed by atoms with van der Waals surface area (Å²) in [6.07, 6.45) is 0. The van der Waals surface area contributed by atoms with E-state index < -0.39 is 0 Å². The van der Waals surface area contributed by atoms with E-state index in [2.05, 4.69) is 30.9 Å². The van der Waals surface area contributed by atoms with Crippen molar-refractivity contribution in [2.24, 2.45) is 0 Å². The molecule has 4 heteroatoms. The van der Waals surface area contributed by atoms with Crippen molar-refractivity contribution in [3.8, 4) is 5.75 Å². The average Bonchev–Trinajstić information content (AvgIpc) is 2.68. The maximum Gasteiger partial charge on any atom is 0.253 e. The van der Waals surface area contributed by atoms with Crippen molar-refractivity contribution in [2.75, 3.05) is 20.6 Å². The molecule has 3 rings (SSSR count). The number of carbonyl (C=O) groups excluding carboxylic acids is 1. The summed E-state index contributed by atoms with van der Waals surface area (Å²) < 4.78 is 6.20. The van der Waals surface area contributed by atoms with Crippen molar-refractivity contribution in [2.45, 2.75) is 32.5 Å². The van der Waals surface area contributed by atoms with Gasteiger partial charge in [0.25, 0.3) is 5.91 Å². The van der Waals surface area contributed by atoms with Gasteiger partial charge in [-0.25, -0.2) is 0 Å². The lowest BCUT2D eigenvalue weighted by Crippen LogP contribution is -2.40. The molecule has 0 spiro atoms. The molecule has 0 radical (unpaired) electrons. The molecule has 1 aliphatic rings. The van der Waals surface area contributed by atoms with E-state index in [9.17, 15) is 4.79 Å². The van der Waals surface area contributed by atoms with Crippen LogP contribution < -0.4 is 4.74 Å². The summed E-state index contributed by atoms with van der Waals surface area (Å²) >= 11 is 0. The first kappa shape index (κ1) is 17.5. The Morgan fingerprint density at radius 1 is 1.12 bits per heavy atom. The van der Waals surface area contributed by atoms with E-state index in [-0.39, 0.29) is 11.5 Å². The van der Waals surface area contributed by atoms with Gasteiger partial charge in [-0.2, -0.15) is 0 Å². The fraction of sp³-hybridized carbons (Fsp3) is 0.381. The summed E-state index contributed by atoms with van der Waals surface area (Å²) in [7, 11) is 3.54. The molecule has 2 aromatic rings. The number of ether oxygens (including phenoxy) is 1. The topological polar surface area (TPSA) is 32.8 Å². The molecule has 4 nitrogen and oxygen atoms in total. The maximum atomic E-state index is 12.0. The van der Waals surface area contributed by atoms with Crippen molar-refractivity contribution >= 4 is 5.91 Å². The van der Waals surface area contributed by atoms with Crippen LogP contribution in [0.2, 0.25) is 0 Å². The lowest BCUT2D eigenvalue weighted by atomic mass is 10.1.